The molecule has 3 atom stereocenters. The smallest absolute Gasteiger partial charge is 0.322 e. The topological polar surface area (TPSA) is 46.5 Å². The first-order valence-electron chi connectivity index (χ1n) is 6.43. The van der Waals surface area contributed by atoms with Crippen molar-refractivity contribution in [1.82, 2.24) is 0 Å². The molecule has 0 radical (unpaired) electrons. The predicted molar refractivity (Wildman–Crippen MR) is 72.7 cm³/mol. The first-order valence-corrected chi connectivity index (χ1v) is 6.43. The van der Waals surface area contributed by atoms with Crippen molar-refractivity contribution >= 4 is 5.97 Å². The van der Waals surface area contributed by atoms with Crippen molar-refractivity contribution in [3.05, 3.63) is 35.9 Å². The van der Waals surface area contributed by atoms with Crippen molar-refractivity contribution in [3.63, 3.8) is 0 Å². The maximum absolute atomic E-state index is 11.7. The standard InChI is InChI=1S/C16H18O3/c1-3-16(15(17)18)10-9-13(19-2)11-14(16)12-7-5-4-6-8-12/h1,4-8,13-14H,9-11H2,2H3,(H,17,18). The van der Waals surface area contributed by atoms with Crippen LogP contribution in [0.15, 0.2) is 30.3 Å². The third-order valence-electron chi connectivity index (χ3n) is 4.13. The number of aliphatic carboxylic acids is 1. The van der Waals surface area contributed by atoms with Gasteiger partial charge in [-0.25, -0.2) is 0 Å². The summed E-state index contributed by atoms with van der Waals surface area (Å²) in [5.41, 5.74) is -0.138. The van der Waals surface area contributed by atoms with Crippen LogP contribution in [0.5, 0.6) is 0 Å². The summed E-state index contributed by atoms with van der Waals surface area (Å²) >= 11 is 0. The molecule has 19 heavy (non-hydrogen) atoms. The van der Waals surface area contributed by atoms with E-state index in [4.69, 9.17) is 11.2 Å². The van der Waals surface area contributed by atoms with E-state index < -0.39 is 11.4 Å². The second kappa shape index (κ2) is 5.46. The molecule has 1 aliphatic rings. The van der Waals surface area contributed by atoms with Gasteiger partial charge in [0.2, 0.25) is 0 Å². The summed E-state index contributed by atoms with van der Waals surface area (Å²) in [6, 6.07) is 9.62. The van der Waals surface area contributed by atoms with Gasteiger partial charge in [-0.2, -0.15) is 0 Å². The van der Waals surface area contributed by atoms with Crippen molar-refractivity contribution in [2.24, 2.45) is 5.41 Å². The maximum Gasteiger partial charge on any atom is 0.322 e. The van der Waals surface area contributed by atoms with Crippen LogP contribution >= 0.6 is 0 Å². The zero-order chi connectivity index (χ0) is 13.9. The van der Waals surface area contributed by atoms with Crippen LogP contribution < -0.4 is 0 Å². The molecule has 0 saturated heterocycles. The molecule has 0 bridgehead atoms. The molecule has 1 aliphatic carbocycles. The van der Waals surface area contributed by atoms with Gasteiger partial charge in [-0.05, 0) is 24.8 Å². The van der Waals surface area contributed by atoms with Crippen LogP contribution in [0.3, 0.4) is 0 Å². The maximum atomic E-state index is 11.7. The Morgan fingerprint density at radius 2 is 2.16 bits per heavy atom. The van der Waals surface area contributed by atoms with Gasteiger partial charge in [0.05, 0.1) is 6.10 Å². The zero-order valence-electron chi connectivity index (χ0n) is 11.0. The molecule has 1 saturated carbocycles. The lowest BCUT2D eigenvalue weighted by Crippen LogP contribution is -2.42. The Labute approximate surface area is 113 Å². The van der Waals surface area contributed by atoms with Gasteiger partial charge in [-0.15, -0.1) is 6.42 Å². The lowest BCUT2D eigenvalue weighted by Gasteiger charge is -2.40. The zero-order valence-corrected chi connectivity index (χ0v) is 11.0. The molecule has 1 aromatic rings. The van der Waals surface area contributed by atoms with Gasteiger partial charge in [0.15, 0.2) is 0 Å². The lowest BCUT2D eigenvalue weighted by molar-refractivity contribution is -0.149. The molecule has 0 aromatic heterocycles. The van der Waals surface area contributed by atoms with Crippen molar-refractivity contribution in [3.8, 4) is 12.3 Å². The van der Waals surface area contributed by atoms with Crippen LogP contribution in [0.2, 0.25) is 0 Å². The van der Waals surface area contributed by atoms with Crippen molar-refractivity contribution in [1.29, 1.82) is 0 Å². The van der Waals surface area contributed by atoms with Crippen LogP contribution in [-0.4, -0.2) is 24.3 Å². The summed E-state index contributed by atoms with van der Waals surface area (Å²) in [5.74, 6) is 1.45. The van der Waals surface area contributed by atoms with Crippen molar-refractivity contribution in [2.75, 3.05) is 7.11 Å². The molecule has 3 unspecified atom stereocenters. The highest BCUT2D eigenvalue weighted by atomic mass is 16.5. The largest absolute Gasteiger partial charge is 0.480 e. The Bertz CT molecular complexity index is 488. The van der Waals surface area contributed by atoms with Gasteiger partial charge < -0.3 is 9.84 Å². The first-order chi connectivity index (χ1) is 9.14. The molecular formula is C16H18O3. The monoisotopic (exact) mass is 258 g/mol. The van der Waals surface area contributed by atoms with E-state index in [1.807, 2.05) is 30.3 Å². The number of ether oxygens (including phenoxy) is 1. The summed E-state index contributed by atoms with van der Waals surface area (Å²) in [6.45, 7) is 0. The number of hydrogen-bond donors (Lipinski definition) is 1. The van der Waals surface area contributed by atoms with Gasteiger partial charge in [-0.1, -0.05) is 36.3 Å². The van der Waals surface area contributed by atoms with E-state index in [0.29, 0.717) is 19.3 Å². The first kappa shape index (κ1) is 13.6. The summed E-state index contributed by atoms with van der Waals surface area (Å²) in [5, 5.41) is 9.60. The van der Waals surface area contributed by atoms with Gasteiger partial charge in [-0.3, -0.25) is 4.79 Å². The molecule has 3 heteroatoms. The minimum atomic E-state index is -1.11. The fourth-order valence-corrected chi connectivity index (χ4v) is 2.96. The molecule has 3 nitrogen and oxygen atoms in total. The van der Waals surface area contributed by atoms with Crippen molar-refractivity contribution in [2.45, 2.75) is 31.3 Å². The number of carboxylic acids is 1. The Morgan fingerprint density at radius 1 is 1.47 bits per heavy atom. The molecule has 1 fully saturated rings. The Balaban J connectivity index is 2.43. The summed E-state index contributed by atoms with van der Waals surface area (Å²) in [4.78, 5) is 11.7. The Kier molecular flexibility index (Phi) is 3.92. The summed E-state index contributed by atoms with van der Waals surface area (Å²) in [6.07, 6.45) is 7.45. The fourth-order valence-electron chi connectivity index (χ4n) is 2.96. The number of carboxylic acid groups (broad SMARTS) is 1. The Hall–Kier alpha value is -1.79. The average molecular weight is 258 g/mol. The molecule has 100 valence electrons. The number of hydrogen-bond acceptors (Lipinski definition) is 2. The van der Waals surface area contributed by atoms with E-state index in [1.54, 1.807) is 7.11 Å². The third kappa shape index (κ3) is 2.36. The SMILES string of the molecule is C#CC1(C(=O)O)CCC(OC)CC1c1ccccc1. The van der Waals surface area contributed by atoms with E-state index >= 15 is 0 Å². The average Bonchev–Trinajstić information content (AvgIpc) is 2.47. The van der Waals surface area contributed by atoms with E-state index in [9.17, 15) is 9.90 Å². The Morgan fingerprint density at radius 3 is 2.68 bits per heavy atom. The molecule has 0 heterocycles. The molecule has 1 aromatic carbocycles. The predicted octanol–water partition coefficient (Wildman–Crippen LogP) is 2.67. The third-order valence-corrected chi connectivity index (χ3v) is 4.13. The molecule has 0 amide bonds. The van der Waals surface area contributed by atoms with Gasteiger partial charge in [0.25, 0.3) is 0 Å². The fraction of sp³-hybridized carbons (Fsp3) is 0.438. The van der Waals surface area contributed by atoms with Gasteiger partial charge in [0.1, 0.15) is 5.41 Å². The highest BCUT2D eigenvalue weighted by Gasteiger charge is 2.49. The molecule has 0 aliphatic heterocycles. The number of terminal acetylenes is 1. The minimum absolute atomic E-state index is 0.0750. The quantitative estimate of drug-likeness (QED) is 0.848. The number of methoxy groups -OCH3 is 1. The normalized spacial score (nSPS) is 30.5. The molecule has 2 rings (SSSR count). The van der Waals surface area contributed by atoms with E-state index in [-0.39, 0.29) is 12.0 Å². The second-order valence-corrected chi connectivity index (χ2v) is 5.02. The molecule has 0 spiro atoms. The van der Waals surface area contributed by atoms with Crippen molar-refractivity contribution < 1.29 is 14.6 Å². The lowest BCUT2D eigenvalue weighted by atomic mass is 9.63. The minimum Gasteiger partial charge on any atom is -0.480 e. The van der Waals surface area contributed by atoms with E-state index in [2.05, 4.69) is 5.92 Å². The second-order valence-electron chi connectivity index (χ2n) is 5.02. The molecule has 1 N–H and O–H groups in total. The van der Waals surface area contributed by atoms with Crippen LogP contribution in [-0.2, 0) is 9.53 Å². The highest BCUT2D eigenvalue weighted by Crippen LogP contribution is 2.47. The van der Waals surface area contributed by atoms with Crippen LogP contribution in [0.1, 0.15) is 30.7 Å². The van der Waals surface area contributed by atoms with E-state index in [1.165, 1.54) is 0 Å². The van der Waals surface area contributed by atoms with Crippen LogP contribution in [0, 0.1) is 17.8 Å². The van der Waals surface area contributed by atoms with Gasteiger partial charge in [0, 0.05) is 13.0 Å². The van der Waals surface area contributed by atoms with E-state index in [0.717, 1.165) is 5.56 Å². The van der Waals surface area contributed by atoms with Crippen LogP contribution in [0.25, 0.3) is 0 Å². The summed E-state index contributed by atoms with van der Waals surface area (Å²) in [7, 11) is 1.66. The van der Waals surface area contributed by atoms with Gasteiger partial charge >= 0.3 is 5.97 Å². The number of rotatable bonds is 3. The number of benzene rings is 1. The summed E-state index contributed by atoms with van der Waals surface area (Å²) < 4.78 is 5.40. The molecular weight excluding hydrogens is 240 g/mol. The number of carbonyl (C=O) groups is 1. The highest BCUT2D eigenvalue weighted by molar-refractivity contribution is 5.80. The van der Waals surface area contributed by atoms with Crippen LogP contribution in [0.4, 0.5) is 0 Å².